The van der Waals surface area contributed by atoms with Gasteiger partial charge in [0.1, 0.15) is 0 Å². The zero-order valence-corrected chi connectivity index (χ0v) is 15.1. The molecule has 0 amide bonds. The molecule has 1 aromatic rings. The summed E-state index contributed by atoms with van der Waals surface area (Å²) in [5.74, 6) is 1.85. The lowest BCUT2D eigenvalue weighted by atomic mass is 10.1. The van der Waals surface area contributed by atoms with Gasteiger partial charge in [0.15, 0.2) is 0 Å². The van der Waals surface area contributed by atoms with E-state index in [9.17, 15) is 0 Å². The lowest BCUT2D eigenvalue weighted by Crippen LogP contribution is -2.44. The van der Waals surface area contributed by atoms with Gasteiger partial charge in [-0.25, -0.2) is 0 Å². The standard InChI is InChI=1S/C17H27ClN2S/c1-12(2)10-19-11-15-5-6-17(16(18)9-15)20-7-8-21-14(4)13(20)3/h5-6,9,12-14,19H,7-8,10-11H2,1-4H3. The van der Waals surface area contributed by atoms with Crippen LogP contribution >= 0.6 is 23.4 Å². The van der Waals surface area contributed by atoms with Crippen LogP contribution in [0.5, 0.6) is 0 Å². The molecule has 1 heterocycles. The first-order valence-electron chi connectivity index (χ1n) is 7.86. The van der Waals surface area contributed by atoms with Crippen molar-refractivity contribution in [2.45, 2.75) is 45.5 Å². The van der Waals surface area contributed by atoms with Crippen LogP contribution in [-0.2, 0) is 6.54 Å². The summed E-state index contributed by atoms with van der Waals surface area (Å²) in [6, 6.07) is 7.04. The minimum atomic E-state index is 0.533. The Hall–Kier alpha value is -0.380. The normalized spacial score (nSPS) is 22.9. The minimum Gasteiger partial charge on any atom is -0.366 e. The first-order chi connectivity index (χ1) is 9.99. The van der Waals surface area contributed by atoms with Gasteiger partial charge in [0, 0.05) is 30.1 Å². The van der Waals surface area contributed by atoms with Crippen molar-refractivity contribution in [3.8, 4) is 0 Å². The van der Waals surface area contributed by atoms with Crippen LogP contribution in [0.4, 0.5) is 5.69 Å². The third-order valence-corrected chi connectivity index (χ3v) is 5.73. The fourth-order valence-corrected chi connectivity index (χ4v) is 4.08. The molecule has 1 fully saturated rings. The SMILES string of the molecule is CC(C)CNCc1ccc(N2CCSC(C)C2C)c(Cl)c1. The predicted octanol–water partition coefficient (Wildman–Crippen LogP) is 4.42. The van der Waals surface area contributed by atoms with E-state index in [1.807, 2.05) is 0 Å². The maximum absolute atomic E-state index is 6.54. The average molecular weight is 327 g/mol. The van der Waals surface area contributed by atoms with Crippen LogP contribution in [0.3, 0.4) is 0 Å². The van der Waals surface area contributed by atoms with E-state index in [4.69, 9.17) is 11.6 Å². The molecule has 1 aromatic carbocycles. The van der Waals surface area contributed by atoms with Crippen LogP contribution in [0.1, 0.15) is 33.3 Å². The number of anilines is 1. The Morgan fingerprint density at radius 2 is 2.14 bits per heavy atom. The average Bonchev–Trinajstić information content (AvgIpc) is 2.42. The van der Waals surface area contributed by atoms with Crippen molar-refractivity contribution in [3.63, 3.8) is 0 Å². The summed E-state index contributed by atoms with van der Waals surface area (Å²) in [6.45, 7) is 12.1. The van der Waals surface area contributed by atoms with Gasteiger partial charge in [0.25, 0.3) is 0 Å². The highest BCUT2D eigenvalue weighted by Crippen LogP contribution is 2.34. The van der Waals surface area contributed by atoms with Gasteiger partial charge >= 0.3 is 0 Å². The largest absolute Gasteiger partial charge is 0.366 e. The minimum absolute atomic E-state index is 0.533. The van der Waals surface area contributed by atoms with Gasteiger partial charge in [-0.05, 0) is 37.1 Å². The van der Waals surface area contributed by atoms with Gasteiger partial charge < -0.3 is 10.2 Å². The van der Waals surface area contributed by atoms with Gasteiger partial charge in [-0.3, -0.25) is 0 Å². The first-order valence-corrected chi connectivity index (χ1v) is 9.29. The molecule has 2 atom stereocenters. The van der Waals surface area contributed by atoms with Crippen molar-refractivity contribution in [3.05, 3.63) is 28.8 Å². The topological polar surface area (TPSA) is 15.3 Å². The third kappa shape index (κ3) is 4.54. The van der Waals surface area contributed by atoms with E-state index in [0.29, 0.717) is 17.2 Å². The number of nitrogens with zero attached hydrogens (tertiary/aromatic N) is 1. The number of hydrogen-bond donors (Lipinski definition) is 1. The first kappa shape index (κ1) is 17.0. The summed E-state index contributed by atoms with van der Waals surface area (Å²) in [4.78, 5) is 2.45. The Morgan fingerprint density at radius 3 is 2.81 bits per heavy atom. The third-order valence-electron chi connectivity index (χ3n) is 4.09. The van der Waals surface area contributed by atoms with E-state index >= 15 is 0 Å². The second-order valence-corrected chi connectivity index (χ2v) is 8.21. The molecular weight excluding hydrogens is 300 g/mol. The van der Waals surface area contributed by atoms with Crippen LogP contribution in [0.2, 0.25) is 5.02 Å². The molecule has 118 valence electrons. The second-order valence-electron chi connectivity index (χ2n) is 6.32. The summed E-state index contributed by atoms with van der Waals surface area (Å²) in [5, 5.41) is 5.00. The Balaban J connectivity index is 2.05. The van der Waals surface area contributed by atoms with Gasteiger partial charge in [0.2, 0.25) is 0 Å². The Kier molecular flexibility index (Phi) is 6.27. The number of nitrogens with one attached hydrogen (secondary N) is 1. The highest BCUT2D eigenvalue weighted by Gasteiger charge is 2.26. The van der Waals surface area contributed by atoms with Crippen molar-refractivity contribution in [1.29, 1.82) is 0 Å². The number of halogens is 1. The van der Waals surface area contributed by atoms with Crippen LogP contribution in [0.25, 0.3) is 0 Å². The number of hydrogen-bond acceptors (Lipinski definition) is 3. The van der Waals surface area contributed by atoms with E-state index in [-0.39, 0.29) is 0 Å². The molecule has 1 aliphatic rings. The zero-order chi connectivity index (χ0) is 15.4. The van der Waals surface area contributed by atoms with Gasteiger partial charge in [-0.2, -0.15) is 11.8 Å². The van der Waals surface area contributed by atoms with E-state index < -0.39 is 0 Å². The summed E-state index contributed by atoms with van der Waals surface area (Å²) >= 11 is 8.59. The molecule has 1 N–H and O–H groups in total. The molecule has 4 heteroatoms. The Morgan fingerprint density at radius 1 is 1.38 bits per heavy atom. The molecule has 0 bridgehead atoms. The lowest BCUT2D eigenvalue weighted by Gasteiger charge is -2.39. The van der Waals surface area contributed by atoms with Crippen molar-refractivity contribution >= 4 is 29.1 Å². The monoisotopic (exact) mass is 326 g/mol. The molecule has 0 saturated carbocycles. The lowest BCUT2D eigenvalue weighted by molar-refractivity contribution is 0.552. The second kappa shape index (κ2) is 7.75. The van der Waals surface area contributed by atoms with Crippen LogP contribution in [-0.4, -0.2) is 30.1 Å². The highest BCUT2D eigenvalue weighted by atomic mass is 35.5. The van der Waals surface area contributed by atoms with Crippen LogP contribution in [0, 0.1) is 5.92 Å². The quantitative estimate of drug-likeness (QED) is 0.862. The van der Waals surface area contributed by atoms with E-state index in [2.05, 4.69) is 67.9 Å². The maximum atomic E-state index is 6.54. The number of thioether (sulfide) groups is 1. The molecule has 1 aliphatic heterocycles. The summed E-state index contributed by atoms with van der Waals surface area (Å²) in [5.41, 5.74) is 2.44. The molecule has 0 spiro atoms. The van der Waals surface area contributed by atoms with Crippen molar-refractivity contribution in [2.24, 2.45) is 5.92 Å². The molecule has 0 radical (unpaired) electrons. The Bertz CT molecular complexity index is 464. The summed E-state index contributed by atoms with van der Waals surface area (Å²) in [7, 11) is 0. The van der Waals surface area contributed by atoms with Crippen molar-refractivity contribution in [2.75, 3.05) is 23.7 Å². The predicted molar refractivity (Wildman–Crippen MR) is 96.7 cm³/mol. The fourth-order valence-electron chi connectivity index (χ4n) is 2.67. The molecule has 1 saturated heterocycles. The van der Waals surface area contributed by atoms with E-state index in [1.165, 1.54) is 17.0 Å². The van der Waals surface area contributed by atoms with E-state index in [0.717, 1.165) is 24.7 Å². The smallest absolute Gasteiger partial charge is 0.0642 e. The molecule has 0 aliphatic carbocycles. The van der Waals surface area contributed by atoms with Gasteiger partial charge in [0.05, 0.1) is 10.7 Å². The van der Waals surface area contributed by atoms with Crippen molar-refractivity contribution in [1.82, 2.24) is 5.32 Å². The zero-order valence-electron chi connectivity index (χ0n) is 13.5. The molecule has 2 unspecified atom stereocenters. The highest BCUT2D eigenvalue weighted by molar-refractivity contribution is 8.00. The molecule has 0 aromatic heterocycles. The molecule has 21 heavy (non-hydrogen) atoms. The van der Waals surface area contributed by atoms with Gasteiger partial charge in [-0.15, -0.1) is 0 Å². The molecular formula is C17H27ClN2S. The van der Waals surface area contributed by atoms with Crippen molar-refractivity contribution < 1.29 is 0 Å². The van der Waals surface area contributed by atoms with Crippen LogP contribution in [0.15, 0.2) is 18.2 Å². The molecule has 2 nitrogen and oxygen atoms in total. The fraction of sp³-hybridized carbons (Fsp3) is 0.647. The summed E-state index contributed by atoms with van der Waals surface area (Å²) < 4.78 is 0. The summed E-state index contributed by atoms with van der Waals surface area (Å²) in [6.07, 6.45) is 0. The van der Waals surface area contributed by atoms with Crippen LogP contribution < -0.4 is 10.2 Å². The van der Waals surface area contributed by atoms with E-state index in [1.54, 1.807) is 0 Å². The number of benzene rings is 1. The maximum Gasteiger partial charge on any atom is 0.0642 e. The molecule has 2 rings (SSSR count). The Labute approximate surface area is 138 Å². The van der Waals surface area contributed by atoms with Gasteiger partial charge in [-0.1, -0.05) is 38.4 Å². The number of rotatable bonds is 5.